The molecule has 0 aliphatic heterocycles. The minimum atomic E-state index is -3.62. The van der Waals surface area contributed by atoms with E-state index in [0.717, 1.165) is 12.8 Å². The monoisotopic (exact) mass is 362 g/mol. The molecule has 6 nitrogen and oxygen atoms in total. The highest BCUT2D eigenvalue weighted by Crippen LogP contribution is 2.17. The number of anilines is 1. The Hall–Kier alpha value is -2.38. The maximum Gasteiger partial charge on any atom is 0.255 e. The van der Waals surface area contributed by atoms with Crippen LogP contribution in [0, 0.1) is 0 Å². The summed E-state index contributed by atoms with van der Waals surface area (Å²) in [6.07, 6.45) is 1.66. The number of rotatable bonds is 8. The second-order valence-electron chi connectivity index (χ2n) is 5.46. The van der Waals surface area contributed by atoms with Gasteiger partial charge in [0.15, 0.2) is 0 Å². The molecule has 2 N–H and O–H groups in total. The van der Waals surface area contributed by atoms with E-state index >= 15 is 0 Å². The van der Waals surface area contributed by atoms with E-state index in [0.29, 0.717) is 18.0 Å². The highest BCUT2D eigenvalue weighted by molar-refractivity contribution is 7.89. The lowest BCUT2D eigenvalue weighted by Gasteiger charge is -2.09. The van der Waals surface area contributed by atoms with Crippen LogP contribution in [0.2, 0.25) is 0 Å². The van der Waals surface area contributed by atoms with E-state index in [1.165, 1.54) is 12.1 Å². The third-order valence-corrected chi connectivity index (χ3v) is 5.04. The smallest absolute Gasteiger partial charge is 0.255 e. The van der Waals surface area contributed by atoms with Crippen molar-refractivity contribution in [2.24, 2.45) is 0 Å². The fourth-order valence-electron chi connectivity index (χ4n) is 2.15. The maximum absolute atomic E-state index is 12.4. The van der Waals surface area contributed by atoms with Crippen LogP contribution in [0.15, 0.2) is 53.4 Å². The quantitative estimate of drug-likeness (QED) is 0.707. The molecule has 2 aromatic carbocycles. The van der Waals surface area contributed by atoms with Crippen molar-refractivity contribution in [3.05, 3.63) is 54.1 Å². The Balaban J connectivity index is 2.12. The molecule has 0 saturated heterocycles. The summed E-state index contributed by atoms with van der Waals surface area (Å²) in [4.78, 5) is 12.4. The third-order valence-electron chi connectivity index (χ3n) is 3.58. The summed E-state index contributed by atoms with van der Waals surface area (Å²) in [6, 6.07) is 12.8. The van der Waals surface area contributed by atoms with Gasteiger partial charge in [-0.25, -0.2) is 13.1 Å². The number of nitrogens with one attached hydrogen (secondary N) is 2. The fourth-order valence-corrected chi connectivity index (χ4v) is 3.27. The van der Waals surface area contributed by atoms with E-state index in [9.17, 15) is 13.2 Å². The highest BCUT2D eigenvalue weighted by Gasteiger charge is 2.15. The SMILES string of the molecule is CCCCNS(=O)(=O)c1cccc(C(=O)Nc2ccc(OC)cc2)c1. The second-order valence-corrected chi connectivity index (χ2v) is 7.23. The Labute approximate surface area is 148 Å². The van der Waals surface area contributed by atoms with Crippen molar-refractivity contribution in [1.82, 2.24) is 4.72 Å². The lowest BCUT2D eigenvalue weighted by Crippen LogP contribution is -2.25. The second kappa shape index (κ2) is 8.64. The molecule has 0 unspecified atom stereocenters. The molecule has 2 aromatic rings. The molecule has 0 radical (unpaired) electrons. The first kappa shape index (κ1) is 19.0. The average Bonchev–Trinajstić information content (AvgIpc) is 2.62. The Morgan fingerprint density at radius 2 is 1.84 bits per heavy atom. The number of hydrogen-bond acceptors (Lipinski definition) is 4. The van der Waals surface area contributed by atoms with E-state index in [-0.39, 0.29) is 16.4 Å². The standard InChI is InChI=1S/C18H22N2O4S/c1-3-4-12-19-25(22,23)17-7-5-6-14(13-17)18(21)20-15-8-10-16(24-2)11-9-15/h5-11,13,19H,3-4,12H2,1-2H3,(H,20,21). The lowest BCUT2D eigenvalue weighted by molar-refractivity contribution is 0.102. The summed E-state index contributed by atoms with van der Waals surface area (Å²) in [7, 11) is -2.05. The van der Waals surface area contributed by atoms with Crippen molar-refractivity contribution in [3.8, 4) is 5.75 Å². The summed E-state index contributed by atoms with van der Waals surface area (Å²) in [6.45, 7) is 2.36. The van der Waals surface area contributed by atoms with Crippen LogP contribution in [0.4, 0.5) is 5.69 Å². The number of hydrogen-bond donors (Lipinski definition) is 2. The predicted octanol–water partition coefficient (Wildman–Crippen LogP) is 3.03. The Kier molecular flexibility index (Phi) is 6.55. The van der Waals surface area contributed by atoms with E-state index in [1.54, 1.807) is 43.5 Å². The third kappa shape index (κ3) is 5.30. The summed E-state index contributed by atoms with van der Waals surface area (Å²) in [5, 5.41) is 2.73. The molecule has 134 valence electrons. The summed E-state index contributed by atoms with van der Waals surface area (Å²) in [5.41, 5.74) is 0.870. The van der Waals surface area contributed by atoms with Gasteiger partial charge in [-0.3, -0.25) is 4.79 Å². The Morgan fingerprint density at radius 1 is 1.12 bits per heavy atom. The molecule has 1 amide bonds. The zero-order chi connectivity index (χ0) is 18.3. The first-order valence-corrected chi connectivity index (χ1v) is 9.49. The first-order valence-electron chi connectivity index (χ1n) is 8.01. The molecule has 25 heavy (non-hydrogen) atoms. The van der Waals surface area contributed by atoms with Gasteiger partial charge in [0.2, 0.25) is 10.0 Å². The predicted molar refractivity (Wildman–Crippen MR) is 97.5 cm³/mol. The van der Waals surface area contributed by atoms with E-state index in [4.69, 9.17) is 4.74 Å². The molecule has 0 aromatic heterocycles. The zero-order valence-electron chi connectivity index (χ0n) is 14.3. The number of benzene rings is 2. The minimum Gasteiger partial charge on any atom is -0.497 e. The molecule has 0 aliphatic carbocycles. The van der Waals surface area contributed by atoms with Gasteiger partial charge >= 0.3 is 0 Å². The molecule has 0 saturated carbocycles. The number of unbranched alkanes of at least 4 members (excludes halogenated alkanes) is 1. The number of sulfonamides is 1. The van der Waals surface area contributed by atoms with Gasteiger partial charge in [0, 0.05) is 17.8 Å². The van der Waals surface area contributed by atoms with Crippen molar-refractivity contribution in [2.45, 2.75) is 24.7 Å². The Bertz CT molecular complexity index is 817. The molecular formula is C18H22N2O4S. The molecule has 0 atom stereocenters. The van der Waals surface area contributed by atoms with Crippen LogP contribution in [0.3, 0.4) is 0 Å². The number of carbonyl (C=O) groups is 1. The van der Waals surface area contributed by atoms with Crippen LogP contribution in [0.5, 0.6) is 5.75 Å². The molecule has 0 heterocycles. The van der Waals surface area contributed by atoms with Crippen LogP contribution >= 0.6 is 0 Å². The molecule has 0 aliphatic rings. The molecule has 7 heteroatoms. The van der Waals surface area contributed by atoms with Crippen LogP contribution in [0.25, 0.3) is 0 Å². The molecular weight excluding hydrogens is 340 g/mol. The summed E-state index contributed by atoms with van der Waals surface area (Å²) < 4.78 is 32.1. The molecule has 0 spiro atoms. The van der Waals surface area contributed by atoms with E-state index < -0.39 is 10.0 Å². The van der Waals surface area contributed by atoms with Crippen LogP contribution in [-0.2, 0) is 10.0 Å². The van der Waals surface area contributed by atoms with Gasteiger partial charge in [-0.05, 0) is 48.9 Å². The average molecular weight is 362 g/mol. The summed E-state index contributed by atoms with van der Waals surface area (Å²) >= 11 is 0. The van der Waals surface area contributed by atoms with Crippen molar-refractivity contribution in [1.29, 1.82) is 0 Å². The molecule has 2 rings (SSSR count). The van der Waals surface area contributed by atoms with Crippen molar-refractivity contribution < 1.29 is 17.9 Å². The topological polar surface area (TPSA) is 84.5 Å². The maximum atomic E-state index is 12.4. The highest BCUT2D eigenvalue weighted by atomic mass is 32.2. The number of methoxy groups -OCH3 is 1. The van der Waals surface area contributed by atoms with Crippen LogP contribution < -0.4 is 14.8 Å². The van der Waals surface area contributed by atoms with Crippen molar-refractivity contribution in [3.63, 3.8) is 0 Å². The largest absolute Gasteiger partial charge is 0.497 e. The van der Waals surface area contributed by atoms with Crippen molar-refractivity contribution >= 4 is 21.6 Å². The molecule has 0 bridgehead atoms. The first-order chi connectivity index (χ1) is 12.0. The van der Waals surface area contributed by atoms with Gasteiger partial charge in [0.1, 0.15) is 5.75 Å². The van der Waals surface area contributed by atoms with Crippen LogP contribution in [0.1, 0.15) is 30.1 Å². The van der Waals surface area contributed by atoms with Gasteiger partial charge in [-0.1, -0.05) is 19.4 Å². The van der Waals surface area contributed by atoms with Gasteiger partial charge in [-0.2, -0.15) is 0 Å². The number of carbonyl (C=O) groups excluding carboxylic acids is 1. The lowest BCUT2D eigenvalue weighted by atomic mass is 10.2. The van der Waals surface area contributed by atoms with E-state index in [1.807, 2.05) is 6.92 Å². The normalized spacial score (nSPS) is 11.1. The van der Waals surface area contributed by atoms with Gasteiger partial charge in [0.05, 0.1) is 12.0 Å². The van der Waals surface area contributed by atoms with Crippen molar-refractivity contribution in [2.75, 3.05) is 19.0 Å². The number of amides is 1. The van der Waals surface area contributed by atoms with Gasteiger partial charge in [0.25, 0.3) is 5.91 Å². The van der Waals surface area contributed by atoms with Crippen LogP contribution in [-0.4, -0.2) is 28.0 Å². The zero-order valence-corrected chi connectivity index (χ0v) is 15.1. The van der Waals surface area contributed by atoms with E-state index in [2.05, 4.69) is 10.0 Å². The summed E-state index contributed by atoms with van der Waals surface area (Å²) in [5.74, 6) is 0.306. The fraction of sp³-hybridized carbons (Fsp3) is 0.278. The van der Waals surface area contributed by atoms with Gasteiger partial charge in [-0.15, -0.1) is 0 Å². The minimum absolute atomic E-state index is 0.0750. The van der Waals surface area contributed by atoms with Gasteiger partial charge < -0.3 is 10.1 Å². The Morgan fingerprint density at radius 3 is 2.48 bits per heavy atom. The molecule has 0 fully saturated rings. The number of ether oxygens (including phenoxy) is 1.